The SMILES string of the molecule is O/N=C\c1cccc(-c2nc3cc(Cl)cc(Cl)c3o2)c1. The van der Waals surface area contributed by atoms with E-state index in [2.05, 4.69) is 10.1 Å². The van der Waals surface area contributed by atoms with Crippen molar-refractivity contribution in [2.45, 2.75) is 0 Å². The van der Waals surface area contributed by atoms with Gasteiger partial charge in [-0.15, -0.1) is 0 Å². The van der Waals surface area contributed by atoms with Crippen LogP contribution in [0.3, 0.4) is 0 Å². The molecule has 4 nitrogen and oxygen atoms in total. The van der Waals surface area contributed by atoms with Gasteiger partial charge in [-0.2, -0.15) is 0 Å². The Labute approximate surface area is 124 Å². The van der Waals surface area contributed by atoms with E-state index < -0.39 is 0 Å². The predicted molar refractivity (Wildman–Crippen MR) is 78.8 cm³/mol. The van der Waals surface area contributed by atoms with E-state index in [9.17, 15) is 0 Å². The highest BCUT2D eigenvalue weighted by atomic mass is 35.5. The lowest BCUT2D eigenvalue weighted by Crippen LogP contribution is -1.83. The Bertz CT molecular complexity index is 812. The molecular weight excluding hydrogens is 299 g/mol. The zero-order valence-electron chi connectivity index (χ0n) is 10.0. The molecule has 0 aliphatic carbocycles. The molecule has 1 heterocycles. The molecule has 0 spiro atoms. The topological polar surface area (TPSA) is 58.6 Å². The second-order valence-corrected chi connectivity index (χ2v) is 4.97. The van der Waals surface area contributed by atoms with Crippen molar-refractivity contribution in [1.29, 1.82) is 0 Å². The van der Waals surface area contributed by atoms with Crippen LogP contribution in [0.4, 0.5) is 0 Å². The molecule has 20 heavy (non-hydrogen) atoms. The van der Waals surface area contributed by atoms with Gasteiger partial charge in [0.15, 0.2) is 5.58 Å². The molecule has 3 rings (SSSR count). The molecule has 0 fully saturated rings. The maximum atomic E-state index is 8.56. The molecular formula is C14H8Cl2N2O2. The van der Waals surface area contributed by atoms with Gasteiger partial charge >= 0.3 is 0 Å². The first-order valence-corrected chi connectivity index (χ1v) is 6.46. The molecule has 3 aromatic rings. The average molecular weight is 307 g/mol. The van der Waals surface area contributed by atoms with E-state index in [0.29, 0.717) is 27.0 Å². The maximum absolute atomic E-state index is 8.56. The van der Waals surface area contributed by atoms with Gasteiger partial charge in [-0.05, 0) is 29.8 Å². The van der Waals surface area contributed by atoms with E-state index in [1.807, 2.05) is 12.1 Å². The number of fused-ring (bicyclic) bond motifs is 1. The van der Waals surface area contributed by atoms with E-state index in [0.717, 1.165) is 11.1 Å². The third-order valence-corrected chi connectivity index (χ3v) is 3.25. The fourth-order valence-electron chi connectivity index (χ4n) is 1.90. The van der Waals surface area contributed by atoms with Crippen LogP contribution in [-0.2, 0) is 0 Å². The lowest BCUT2D eigenvalue weighted by atomic mass is 10.1. The fourth-order valence-corrected chi connectivity index (χ4v) is 2.42. The van der Waals surface area contributed by atoms with Crippen LogP contribution in [0.15, 0.2) is 46.0 Å². The first-order valence-electron chi connectivity index (χ1n) is 5.71. The molecule has 0 amide bonds. The minimum Gasteiger partial charge on any atom is -0.435 e. The highest BCUT2D eigenvalue weighted by molar-refractivity contribution is 6.38. The minimum atomic E-state index is 0.416. The van der Waals surface area contributed by atoms with Gasteiger partial charge in [0.05, 0.1) is 11.2 Å². The van der Waals surface area contributed by atoms with Crippen LogP contribution >= 0.6 is 23.2 Å². The average Bonchev–Trinajstić information content (AvgIpc) is 2.83. The molecule has 0 atom stereocenters. The van der Waals surface area contributed by atoms with E-state index in [4.69, 9.17) is 32.8 Å². The number of hydrogen-bond donors (Lipinski definition) is 1. The first kappa shape index (κ1) is 13.0. The van der Waals surface area contributed by atoms with Crippen LogP contribution in [0.25, 0.3) is 22.6 Å². The van der Waals surface area contributed by atoms with Crippen molar-refractivity contribution >= 4 is 40.5 Å². The summed E-state index contributed by atoms with van der Waals surface area (Å²) in [6.45, 7) is 0. The molecule has 0 aliphatic heterocycles. The number of oxazole rings is 1. The van der Waals surface area contributed by atoms with Crippen LogP contribution in [-0.4, -0.2) is 16.4 Å². The van der Waals surface area contributed by atoms with Crippen LogP contribution < -0.4 is 0 Å². The Hall–Kier alpha value is -2.04. The number of aromatic nitrogens is 1. The highest BCUT2D eigenvalue weighted by Gasteiger charge is 2.12. The molecule has 2 aromatic carbocycles. The molecule has 0 radical (unpaired) electrons. The Balaban J connectivity index is 2.15. The summed E-state index contributed by atoms with van der Waals surface area (Å²) < 4.78 is 5.66. The van der Waals surface area contributed by atoms with Crippen molar-refractivity contribution < 1.29 is 9.62 Å². The lowest BCUT2D eigenvalue weighted by molar-refractivity contribution is 0.322. The third kappa shape index (κ3) is 2.35. The van der Waals surface area contributed by atoms with Gasteiger partial charge < -0.3 is 9.62 Å². The molecule has 1 N–H and O–H groups in total. The number of oxime groups is 1. The molecule has 0 saturated heterocycles. The standard InChI is InChI=1S/C14H8Cl2N2O2/c15-10-5-11(16)13-12(6-10)18-14(20-13)9-3-1-2-8(4-9)7-17-19/h1-7,19H/b17-7-. The van der Waals surface area contributed by atoms with Gasteiger partial charge in [0.2, 0.25) is 5.89 Å². The van der Waals surface area contributed by atoms with Crippen molar-refractivity contribution in [3.8, 4) is 11.5 Å². The summed E-state index contributed by atoms with van der Waals surface area (Å²) in [5.74, 6) is 0.428. The number of benzene rings is 2. The monoisotopic (exact) mass is 306 g/mol. The van der Waals surface area contributed by atoms with Crippen molar-refractivity contribution in [3.63, 3.8) is 0 Å². The molecule has 0 unspecified atom stereocenters. The largest absolute Gasteiger partial charge is 0.435 e. The van der Waals surface area contributed by atoms with Crippen molar-refractivity contribution in [2.75, 3.05) is 0 Å². The van der Waals surface area contributed by atoms with Crippen LogP contribution in [0.5, 0.6) is 0 Å². The number of rotatable bonds is 2. The van der Waals surface area contributed by atoms with Gasteiger partial charge in [-0.1, -0.05) is 40.5 Å². The van der Waals surface area contributed by atoms with E-state index in [1.54, 1.807) is 24.3 Å². The Morgan fingerprint density at radius 2 is 2.05 bits per heavy atom. The van der Waals surface area contributed by atoms with Crippen molar-refractivity contribution in [3.05, 3.63) is 52.0 Å². The number of halogens is 2. The maximum Gasteiger partial charge on any atom is 0.227 e. The van der Waals surface area contributed by atoms with Gasteiger partial charge in [0, 0.05) is 10.6 Å². The second kappa shape index (κ2) is 5.15. The Morgan fingerprint density at radius 1 is 1.20 bits per heavy atom. The van der Waals surface area contributed by atoms with E-state index >= 15 is 0 Å². The van der Waals surface area contributed by atoms with Gasteiger partial charge in [0.1, 0.15) is 5.52 Å². The zero-order valence-corrected chi connectivity index (χ0v) is 11.6. The predicted octanol–water partition coefficient (Wildman–Crippen LogP) is 4.61. The Morgan fingerprint density at radius 3 is 2.85 bits per heavy atom. The highest BCUT2D eigenvalue weighted by Crippen LogP contribution is 2.31. The van der Waals surface area contributed by atoms with Crippen LogP contribution in [0.1, 0.15) is 5.56 Å². The van der Waals surface area contributed by atoms with Gasteiger partial charge in [0.25, 0.3) is 0 Å². The normalized spacial score (nSPS) is 11.5. The summed E-state index contributed by atoms with van der Waals surface area (Å²) in [6.07, 6.45) is 1.33. The van der Waals surface area contributed by atoms with Gasteiger partial charge in [-0.3, -0.25) is 0 Å². The summed E-state index contributed by atoms with van der Waals surface area (Å²) in [7, 11) is 0. The summed E-state index contributed by atoms with van der Waals surface area (Å²) in [5.41, 5.74) is 2.58. The van der Waals surface area contributed by atoms with E-state index in [1.165, 1.54) is 6.21 Å². The fraction of sp³-hybridized carbons (Fsp3) is 0. The minimum absolute atomic E-state index is 0.416. The van der Waals surface area contributed by atoms with Crippen molar-refractivity contribution in [2.24, 2.45) is 5.16 Å². The summed E-state index contributed by atoms with van der Waals surface area (Å²) in [6, 6.07) is 10.5. The molecule has 0 aliphatic rings. The summed E-state index contributed by atoms with van der Waals surface area (Å²) >= 11 is 12.0. The number of nitrogens with zero attached hydrogens (tertiary/aromatic N) is 2. The zero-order chi connectivity index (χ0) is 14.1. The first-order chi connectivity index (χ1) is 9.67. The molecule has 100 valence electrons. The van der Waals surface area contributed by atoms with Gasteiger partial charge in [-0.25, -0.2) is 4.98 Å². The smallest absolute Gasteiger partial charge is 0.227 e. The lowest BCUT2D eigenvalue weighted by Gasteiger charge is -1.96. The quantitative estimate of drug-likeness (QED) is 0.427. The summed E-state index contributed by atoms with van der Waals surface area (Å²) in [5, 5.41) is 12.5. The van der Waals surface area contributed by atoms with E-state index in [-0.39, 0.29) is 0 Å². The summed E-state index contributed by atoms with van der Waals surface area (Å²) in [4.78, 5) is 4.36. The van der Waals surface area contributed by atoms with Crippen LogP contribution in [0.2, 0.25) is 10.0 Å². The number of hydrogen-bond acceptors (Lipinski definition) is 4. The third-order valence-electron chi connectivity index (χ3n) is 2.75. The second-order valence-electron chi connectivity index (χ2n) is 4.12. The van der Waals surface area contributed by atoms with Crippen molar-refractivity contribution in [1.82, 2.24) is 4.98 Å². The molecule has 1 aromatic heterocycles. The van der Waals surface area contributed by atoms with Crippen LogP contribution in [0, 0.1) is 0 Å². The molecule has 6 heteroatoms. The molecule has 0 bridgehead atoms. The Kier molecular flexibility index (Phi) is 3.34. The molecule has 0 saturated carbocycles.